The van der Waals surface area contributed by atoms with Crippen LogP contribution in [-0.4, -0.2) is 43.0 Å². The van der Waals surface area contributed by atoms with Crippen molar-refractivity contribution in [2.45, 2.75) is 25.7 Å². The maximum atomic E-state index is 12.7. The van der Waals surface area contributed by atoms with Crippen LogP contribution in [-0.2, 0) is 16.5 Å². The molecule has 0 atom stereocenters. The summed E-state index contributed by atoms with van der Waals surface area (Å²) in [6, 6.07) is 9.19. The van der Waals surface area contributed by atoms with E-state index in [1.807, 2.05) is 0 Å². The summed E-state index contributed by atoms with van der Waals surface area (Å²) >= 11 is 0. The molecule has 0 saturated heterocycles. The molecule has 0 aliphatic carbocycles. The van der Waals surface area contributed by atoms with Gasteiger partial charge in [-0.05, 0) is 43.2 Å². The van der Waals surface area contributed by atoms with E-state index in [0.29, 0.717) is 36.4 Å². The third-order valence-corrected chi connectivity index (χ3v) is 5.53. The number of esters is 1. The van der Waals surface area contributed by atoms with Gasteiger partial charge in [0.05, 0.1) is 23.6 Å². The van der Waals surface area contributed by atoms with Crippen molar-refractivity contribution in [1.82, 2.24) is 0 Å². The highest BCUT2D eigenvalue weighted by Crippen LogP contribution is 2.34. The monoisotopic (exact) mass is 461 g/mol. The molecule has 0 aromatic heterocycles. The Balaban J connectivity index is 1.73. The summed E-state index contributed by atoms with van der Waals surface area (Å²) in [5.74, 6) is -0.730. The molecule has 11 heteroatoms. The van der Waals surface area contributed by atoms with Gasteiger partial charge in [0.2, 0.25) is 0 Å². The highest BCUT2D eigenvalue weighted by Gasteiger charge is 2.23. The normalized spacial score (nSPS) is 12.5. The summed E-state index contributed by atoms with van der Waals surface area (Å²) in [5.41, 5.74) is 12.5. The van der Waals surface area contributed by atoms with Gasteiger partial charge < -0.3 is 20.9 Å². The third kappa shape index (κ3) is 6.28. The number of carbonyl (C=O) groups excluding carboxylic acids is 2. The van der Waals surface area contributed by atoms with Crippen LogP contribution < -0.4 is 20.9 Å². The summed E-state index contributed by atoms with van der Waals surface area (Å²) in [6.45, 7) is 0.405. The second kappa shape index (κ2) is 9.79. The molecule has 0 fully saturated rings. The van der Waals surface area contributed by atoms with Gasteiger partial charge in [-0.2, -0.15) is 8.42 Å². The van der Waals surface area contributed by atoms with Crippen LogP contribution in [0.1, 0.15) is 45.5 Å². The number of hydrogen-bond acceptors (Lipinski definition) is 7. The number of hydrogen-bond donors (Lipinski definition) is 3. The lowest BCUT2D eigenvalue weighted by Gasteiger charge is -2.11. The molecule has 32 heavy (non-hydrogen) atoms. The number of nitrogens with zero attached hydrogens (tertiary/aromatic N) is 1. The summed E-state index contributed by atoms with van der Waals surface area (Å²) in [7, 11) is -4.06. The average Bonchev–Trinajstić information content (AvgIpc) is 3.18. The Morgan fingerprint density at radius 1 is 1.12 bits per heavy atom. The van der Waals surface area contributed by atoms with E-state index in [-0.39, 0.29) is 35.9 Å². The van der Waals surface area contributed by atoms with Gasteiger partial charge in [-0.25, -0.2) is 9.79 Å². The molecule has 1 aliphatic rings. The van der Waals surface area contributed by atoms with Crippen LogP contribution in [0.15, 0.2) is 41.4 Å². The lowest BCUT2D eigenvalue weighted by atomic mass is 9.98. The molecule has 3 rings (SSSR count). The Hall–Kier alpha value is -3.44. The minimum Gasteiger partial charge on any atom is -0.493 e. The predicted molar refractivity (Wildman–Crippen MR) is 117 cm³/mol. The Labute approximate surface area is 185 Å². The van der Waals surface area contributed by atoms with Gasteiger partial charge in [0, 0.05) is 30.0 Å². The van der Waals surface area contributed by atoms with Crippen molar-refractivity contribution in [3.8, 4) is 11.5 Å². The van der Waals surface area contributed by atoms with Gasteiger partial charge >= 0.3 is 5.97 Å². The van der Waals surface area contributed by atoms with Crippen LogP contribution in [0.3, 0.4) is 0 Å². The van der Waals surface area contributed by atoms with Crippen molar-refractivity contribution in [1.29, 1.82) is 0 Å². The van der Waals surface area contributed by atoms with Crippen LogP contribution in [0, 0.1) is 0 Å². The summed E-state index contributed by atoms with van der Waals surface area (Å²) in [6.07, 6.45) is 1.09. The van der Waals surface area contributed by atoms with E-state index in [9.17, 15) is 18.0 Å². The number of rotatable bonds is 9. The second-order valence-corrected chi connectivity index (χ2v) is 8.76. The van der Waals surface area contributed by atoms with Gasteiger partial charge in [0.1, 0.15) is 11.5 Å². The first-order valence-electron chi connectivity index (χ1n) is 9.82. The van der Waals surface area contributed by atoms with E-state index in [2.05, 4.69) is 4.99 Å². The summed E-state index contributed by atoms with van der Waals surface area (Å²) in [5, 5.41) is 0. The van der Waals surface area contributed by atoms with Gasteiger partial charge in [0.15, 0.2) is 11.7 Å². The molecule has 0 unspecified atom stereocenters. The number of guanidine groups is 1. The largest absolute Gasteiger partial charge is 0.493 e. The zero-order chi connectivity index (χ0) is 23.3. The number of ketones is 1. The number of unbranched alkanes of at least 4 members (excludes halogenated alkanes) is 1. The van der Waals surface area contributed by atoms with E-state index in [1.54, 1.807) is 18.2 Å². The third-order valence-electron chi connectivity index (χ3n) is 4.72. The molecule has 0 radical (unpaired) electrons. The van der Waals surface area contributed by atoms with Crippen LogP contribution in [0.2, 0.25) is 0 Å². The molecule has 0 saturated carbocycles. The van der Waals surface area contributed by atoms with Crippen molar-refractivity contribution in [2.75, 3.05) is 12.4 Å². The number of aliphatic imine (C=N–C) groups is 1. The number of fused-ring (bicyclic) bond motifs is 1. The Morgan fingerprint density at radius 3 is 2.50 bits per heavy atom. The van der Waals surface area contributed by atoms with Crippen LogP contribution in [0.4, 0.5) is 5.69 Å². The van der Waals surface area contributed by atoms with E-state index in [4.69, 9.17) is 25.5 Å². The van der Waals surface area contributed by atoms with Gasteiger partial charge in [-0.3, -0.25) is 9.35 Å². The van der Waals surface area contributed by atoms with Crippen LogP contribution >= 0.6 is 0 Å². The maximum Gasteiger partial charge on any atom is 0.343 e. The Morgan fingerprint density at radius 2 is 1.84 bits per heavy atom. The molecule has 2 aromatic carbocycles. The molecule has 10 nitrogen and oxygen atoms in total. The lowest BCUT2D eigenvalue weighted by molar-refractivity contribution is 0.0733. The first kappa shape index (κ1) is 23.2. The zero-order valence-corrected chi connectivity index (χ0v) is 17.9. The Kier molecular flexibility index (Phi) is 7.11. The fourth-order valence-electron chi connectivity index (χ4n) is 3.27. The van der Waals surface area contributed by atoms with Crippen LogP contribution in [0.5, 0.6) is 11.5 Å². The first-order chi connectivity index (χ1) is 15.1. The topological polar surface area (TPSA) is 171 Å². The molecular weight excluding hydrogens is 438 g/mol. The zero-order valence-electron chi connectivity index (χ0n) is 17.1. The van der Waals surface area contributed by atoms with E-state index in [1.165, 1.54) is 18.2 Å². The fourth-order valence-corrected chi connectivity index (χ4v) is 3.84. The summed E-state index contributed by atoms with van der Waals surface area (Å²) < 4.78 is 41.4. The van der Waals surface area contributed by atoms with Crippen molar-refractivity contribution in [2.24, 2.45) is 16.5 Å². The second-order valence-electron chi connectivity index (χ2n) is 7.19. The Bertz CT molecular complexity index is 1150. The molecule has 2 aromatic rings. The molecule has 5 N–H and O–H groups in total. The highest BCUT2D eigenvalue weighted by atomic mass is 32.2. The van der Waals surface area contributed by atoms with E-state index in [0.717, 1.165) is 5.56 Å². The van der Waals surface area contributed by atoms with E-state index < -0.39 is 21.8 Å². The predicted octanol–water partition coefficient (Wildman–Crippen LogP) is 1.99. The van der Waals surface area contributed by atoms with E-state index >= 15 is 0 Å². The standard InChI is InChI=1S/C21H23N3O7S/c22-21(23)24-14-6-4-13(5-7-14)20(26)31-15-11-17(16-8-9-30-19(16)12-15)18(25)3-1-2-10-32(27,28)29/h4-7,11-12H,1-3,8-10H2,(H4,22,23,24)(H,27,28,29). The highest BCUT2D eigenvalue weighted by molar-refractivity contribution is 7.85. The SMILES string of the molecule is NC(N)=Nc1ccc(C(=O)Oc2cc3c(c(C(=O)CCCCS(=O)(=O)O)c2)CCO3)cc1. The number of carbonyl (C=O) groups is 2. The van der Waals surface area contributed by atoms with Crippen molar-refractivity contribution < 1.29 is 32.0 Å². The molecular formula is C21H23N3O7S. The summed E-state index contributed by atoms with van der Waals surface area (Å²) in [4.78, 5) is 29.1. The maximum absolute atomic E-state index is 12.7. The quantitative estimate of drug-likeness (QED) is 0.0960. The lowest BCUT2D eigenvalue weighted by Crippen LogP contribution is -2.21. The number of benzene rings is 2. The smallest absolute Gasteiger partial charge is 0.343 e. The van der Waals surface area contributed by atoms with Crippen LogP contribution in [0.25, 0.3) is 0 Å². The number of nitrogens with two attached hydrogens (primary N) is 2. The van der Waals surface area contributed by atoms with Crippen molar-refractivity contribution in [3.05, 3.63) is 53.1 Å². The molecule has 1 heterocycles. The molecule has 0 amide bonds. The minimum absolute atomic E-state index is 0.0889. The average molecular weight is 461 g/mol. The van der Waals surface area contributed by atoms with Crippen molar-refractivity contribution in [3.63, 3.8) is 0 Å². The van der Waals surface area contributed by atoms with Gasteiger partial charge in [-0.1, -0.05) is 0 Å². The van der Waals surface area contributed by atoms with Gasteiger partial charge in [0.25, 0.3) is 10.1 Å². The number of Topliss-reactive ketones (excluding diaryl/α,β-unsaturated/α-hetero) is 1. The molecule has 0 bridgehead atoms. The fraction of sp³-hybridized carbons (Fsp3) is 0.286. The molecule has 170 valence electrons. The number of ether oxygens (including phenoxy) is 2. The molecule has 0 spiro atoms. The van der Waals surface area contributed by atoms with Gasteiger partial charge in [-0.15, -0.1) is 0 Å². The molecule has 1 aliphatic heterocycles. The first-order valence-corrected chi connectivity index (χ1v) is 11.4. The minimum atomic E-state index is -4.06. The van der Waals surface area contributed by atoms with Crippen molar-refractivity contribution >= 4 is 33.5 Å².